The Hall–Kier alpha value is -4.97. The van der Waals surface area contributed by atoms with E-state index in [1.807, 2.05) is 84.9 Å². The first-order chi connectivity index (χ1) is 20.2. The second-order valence-electron chi connectivity index (χ2n) is 11.3. The Labute approximate surface area is 246 Å². The lowest BCUT2D eigenvalue weighted by Gasteiger charge is -2.19. The minimum absolute atomic E-state index is 0.0608. The molecule has 5 aromatic rings. The summed E-state index contributed by atoms with van der Waals surface area (Å²) in [5.41, 5.74) is 4.56. The molecule has 0 radical (unpaired) electrons. The van der Waals surface area contributed by atoms with Crippen molar-refractivity contribution in [1.29, 1.82) is 0 Å². The van der Waals surface area contributed by atoms with Gasteiger partial charge in [0, 0.05) is 18.0 Å². The minimum atomic E-state index is -0.867. The van der Waals surface area contributed by atoms with Gasteiger partial charge in [-0.1, -0.05) is 87.5 Å². The number of nitrogens with zero attached hydrogens (tertiary/aromatic N) is 1. The fourth-order valence-electron chi connectivity index (χ4n) is 4.73. The summed E-state index contributed by atoms with van der Waals surface area (Å²) in [6.07, 6.45) is 1.93. The first-order valence-electron chi connectivity index (χ1n) is 13.9. The van der Waals surface area contributed by atoms with Crippen LogP contribution in [0, 0.1) is 0 Å². The molecule has 0 unspecified atom stereocenters. The van der Waals surface area contributed by atoms with Gasteiger partial charge in [0.25, 0.3) is 5.91 Å². The van der Waals surface area contributed by atoms with Gasteiger partial charge >= 0.3 is 5.97 Å². The molecule has 0 aliphatic rings. The molecule has 0 saturated heterocycles. The van der Waals surface area contributed by atoms with Gasteiger partial charge in [-0.25, -0.2) is 4.79 Å². The van der Waals surface area contributed by atoms with Crippen molar-refractivity contribution < 1.29 is 19.1 Å². The van der Waals surface area contributed by atoms with E-state index in [0.29, 0.717) is 5.75 Å². The summed E-state index contributed by atoms with van der Waals surface area (Å²) < 4.78 is 11.1. The lowest BCUT2D eigenvalue weighted by molar-refractivity contribution is -0.142. The molecule has 212 valence electrons. The second kappa shape index (κ2) is 12.3. The average Bonchev–Trinajstić information content (AvgIpc) is 3.00. The number of amides is 1. The van der Waals surface area contributed by atoms with Gasteiger partial charge in [0.1, 0.15) is 23.2 Å². The van der Waals surface area contributed by atoms with Gasteiger partial charge in [-0.2, -0.15) is 0 Å². The lowest BCUT2D eigenvalue weighted by atomic mass is 9.87. The van der Waals surface area contributed by atoms with Crippen LogP contribution < -0.4 is 10.1 Å². The molecule has 0 bridgehead atoms. The number of fused-ring (bicyclic) bond motifs is 1. The van der Waals surface area contributed by atoms with Crippen molar-refractivity contribution >= 4 is 22.6 Å². The van der Waals surface area contributed by atoms with Crippen molar-refractivity contribution in [1.82, 2.24) is 10.3 Å². The Morgan fingerprint density at radius 3 is 2.12 bits per heavy atom. The van der Waals surface area contributed by atoms with Crippen LogP contribution in [0.15, 0.2) is 109 Å². The van der Waals surface area contributed by atoms with E-state index in [1.165, 1.54) is 12.7 Å². The smallest absolute Gasteiger partial charge is 0.328 e. The van der Waals surface area contributed by atoms with Gasteiger partial charge in [-0.15, -0.1) is 0 Å². The minimum Gasteiger partial charge on any atom is -0.467 e. The van der Waals surface area contributed by atoms with Gasteiger partial charge in [0.15, 0.2) is 0 Å². The van der Waals surface area contributed by atoms with Crippen LogP contribution in [0.4, 0.5) is 0 Å². The largest absolute Gasteiger partial charge is 0.467 e. The summed E-state index contributed by atoms with van der Waals surface area (Å²) >= 11 is 0. The number of aromatic nitrogens is 1. The number of esters is 1. The van der Waals surface area contributed by atoms with E-state index in [4.69, 9.17) is 9.47 Å². The number of hydrogen-bond donors (Lipinski definition) is 1. The zero-order valence-electron chi connectivity index (χ0n) is 24.3. The number of methoxy groups -OCH3 is 1. The van der Waals surface area contributed by atoms with Crippen molar-refractivity contribution in [2.24, 2.45) is 0 Å². The zero-order valence-corrected chi connectivity index (χ0v) is 24.3. The molecule has 1 amide bonds. The maximum atomic E-state index is 13.2. The second-order valence-corrected chi connectivity index (χ2v) is 11.3. The first-order valence-corrected chi connectivity index (χ1v) is 13.9. The summed E-state index contributed by atoms with van der Waals surface area (Å²) in [5, 5.41) is 4.47. The summed E-state index contributed by atoms with van der Waals surface area (Å²) in [5.74, 6) is 0.392. The normalized spacial score (nSPS) is 12.0. The van der Waals surface area contributed by atoms with Crippen LogP contribution in [0.25, 0.3) is 21.9 Å². The predicted octanol–water partition coefficient (Wildman–Crippen LogP) is 7.51. The van der Waals surface area contributed by atoms with Crippen LogP contribution in [0.3, 0.4) is 0 Å². The molecule has 0 saturated carbocycles. The molecule has 0 spiro atoms. The van der Waals surface area contributed by atoms with Crippen LogP contribution in [0.5, 0.6) is 11.5 Å². The number of rotatable bonds is 8. The summed E-state index contributed by atoms with van der Waals surface area (Å²) in [4.78, 5) is 30.2. The molecule has 0 aliphatic heterocycles. The van der Waals surface area contributed by atoms with E-state index in [2.05, 4.69) is 43.2 Å². The number of pyridine rings is 1. The van der Waals surface area contributed by atoms with Crippen LogP contribution in [-0.2, 0) is 21.4 Å². The molecule has 6 heteroatoms. The summed E-state index contributed by atoms with van der Waals surface area (Å²) in [6.45, 7) is 6.51. The third kappa shape index (κ3) is 6.84. The van der Waals surface area contributed by atoms with Gasteiger partial charge in [0.05, 0.1) is 7.11 Å². The maximum Gasteiger partial charge on any atom is 0.328 e. The highest BCUT2D eigenvalue weighted by Gasteiger charge is 2.23. The highest BCUT2D eigenvalue weighted by molar-refractivity contribution is 5.98. The molecular formula is C36H34N2O4. The average molecular weight is 559 g/mol. The third-order valence-electron chi connectivity index (χ3n) is 7.17. The van der Waals surface area contributed by atoms with E-state index in [9.17, 15) is 9.59 Å². The molecule has 4 aromatic carbocycles. The number of ether oxygens (including phenoxy) is 2. The van der Waals surface area contributed by atoms with Crippen molar-refractivity contribution in [3.63, 3.8) is 0 Å². The molecule has 5 rings (SSSR count). The zero-order chi connectivity index (χ0) is 29.7. The van der Waals surface area contributed by atoms with Crippen molar-refractivity contribution in [3.05, 3.63) is 126 Å². The topological polar surface area (TPSA) is 77.5 Å². The molecule has 1 heterocycles. The summed E-state index contributed by atoms with van der Waals surface area (Å²) in [7, 11) is 1.31. The fourth-order valence-corrected chi connectivity index (χ4v) is 4.73. The fraction of sp³-hybridized carbons (Fsp3) is 0.194. The van der Waals surface area contributed by atoms with Crippen molar-refractivity contribution in [2.75, 3.05) is 7.11 Å². The Balaban J connectivity index is 1.30. The molecule has 1 aromatic heterocycles. The van der Waals surface area contributed by atoms with Crippen molar-refractivity contribution in [3.8, 4) is 22.6 Å². The third-order valence-corrected chi connectivity index (χ3v) is 7.17. The highest BCUT2D eigenvalue weighted by atomic mass is 16.5. The van der Waals surface area contributed by atoms with Gasteiger partial charge in [-0.3, -0.25) is 9.78 Å². The van der Waals surface area contributed by atoms with E-state index >= 15 is 0 Å². The van der Waals surface area contributed by atoms with Crippen LogP contribution >= 0.6 is 0 Å². The first kappa shape index (κ1) is 28.6. The number of nitrogens with one attached hydrogen (secondary N) is 1. The molecule has 0 aliphatic carbocycles. The highest BCUT2D eigenvalue weighted by Crippen LogP contribution is 2.29. The quantitative estimate of drug-likeness (QED) is 0.200. The van der Waals surface area contributed by atoms with Crippen molar-refractivity contribution in [2.45, 2.75) is 38.6 Å². The van der Waals surface area contributed by atoms with Crippen LogP contribution in [0.2, 0.25) is 0 Å². The number of carbonyl (C=O) groups is 2. The Kier molecular flexibility index (Phi) is 8.34. The Bertz CT molecular complexity index is 1690. The number of carbonyl (C=O) groups excluding carboxylic acids is 2. The van der Waals surface area contributed by atoms with E-state index < -0.39 is 17.9 Å². The maximum absolute atomic E-state index is 13.2. The van der Waals surface area contributed by atoms with Gasteiger partial charge in [-0.05, 0) is 69.5 Å². The van der Waals surface area contributed by atoms with Crippen LogP contribution in [0.1, 0.15) is 42.4 Å². The van der Waals surface area contributed by atoms with E-state index in [0.717, 1.165) is 33.2 Å². The number of benzene rings is 4. The van der Waals surface area contributed by atoms with Gasteiger partial charge < -0.3 is 14.8 Å². The SMILES string of the molecule is COC(=O)[C@@H](Cc1ccc(-c2ccccc2)cc1)NC(=O)c1cc2cc(Oc3ccc(C(C)(C)C)cc3)ccc2cn1. The monoisotopic (exact) mass is 558 g/mol. The molecule has 42 heavy (non-hydrogen) atoms. The predicted molar refractivity (Wildman–Crippen MR) is 166 cm³/mol. The summed E-state index contributed by atoms with van der Waals surface area (Å²) in [6, 6.07) is 32.5. The Morgan fingerprint density at radius 1 is 0.786 bits per heavy atom. The molecule has 6 nitrogen and oxygen atoms in total. The molecule has 1 atom stereocenters. The lowest BCUT2D eigenvalue weighted by Crippen LogP contribution is -2.43. The van der Waals surface area contributed by atoms with Crippen LogP contribution in [-0.4, -0.2) is 30.0 Å². The standard InChI is InChI=1S/C36H34N2O4/c1-36(2,3)29-15-18-30(19-16-29)42-31-17-14-27-23-37-32(22-28(27)21-31)34(39)38-33(35(40)41-4)20-24-10-12-26(13-11-24)25-8-6-5-7-9-25/h5-19,21-23,33H,20H2,1-4H3,(H,38,39)/t33-/m1/s1. The van der Waals surface area contributed by atoms with E-state index in [-0.39, 0.29) is 17.5 Å². The number of hydrogen-bond acceptors (Lipinski definition) is 5. The Morgan fingerprint density at radius 2 is 1.45 bits per heavy atom. The molecule has 1 N–H and O–H groups in total. The molecular weight excluding hydrogens is 524 g/mol. The van der Waals surface area contributed by atoms with Gasteiger partial charge in [0.2, 0.25) is 0 Å². The van der Waals surface area contributed by atoms with E-state index in [1.54, 1.807) is 12.3 Å². The molecule has 0 fully saturated rings.